The van der Waals surface area contributed by atoms with Crippen LogP contribution < -0.4 is 5.32 Å². The quantitative estimate of drug-likeness (QED) is 0.456. The summed E-state index contributed by atoms with van der Waals surface area (Å²) in [4.78, 5) is 0. The molecule has 1 N–H and O–H groups in total. The molecule has 1 atom stereocenters. The molecule has 0 saturated heterocycles. The second-order valence-corrected chi connectivity index (χ2v) is 3.54. The van der Waals surface area contributed by atoms with Crippen LogP contribution in [0.25, 0.3) is 0 Å². The van der Waals surface area contributed by atoms with Crippen molar-refractivity contribution in [3.63, 3.8) is 0 Å². The van der Waals surface area contributed by atoms with E-state index in [1.807, 2.05) is 7.05 Å². The monoisotopic (exact) mass is 169 g/mol. The van der Waals surface area contributed by atoms with Crippen molar-refractivity contribution >= 4 is 0 Å². The van der Waals surface area contributed by atoms with Crippen molar-refractivity contribution < 1.29 is 0 Å². The third-order valence-electron chi connectivity index (χ3n) is 2.29. The van der Waals surface area contributed by atoms with Crippen LogP contribution in [0.1, 0.15) is 46.0 Å². The summed E-state index contributed by atoms with van der Waals surface area (Å²) in [7, 11) is 2.01. The Kier molecular flexibility index (Phi) is 7.17. The molecule has 1 heteroatoms. The highest BCUT2D eigenvalue weighted by Crippen LogP contribution is 2.09. The SMILES string of the molecule is C=C(C)C(CCCCCC)NC. The largest absolute Gasteiger partial charge is 0.313 e. The molecule has 0 heterocycles. The minimum absolute atomic E-state index is 0.529. The molecule has 72 valence electrons. The molecule has 12 heavy (non-hydrogen) atoms. The normalized spacial score (nSPS) is 12.9. The predicted molar refractivity (Wildman–Crippen MR) is 56.4 cm³/mol. The molecule has 0 aromatic heterocycles. The second-order valence-electron chi connectivity index (χ2n) is 3.54. The lowest BCUT2D eigenvalue weighted by molar-refractivity contribution is 0.535. The number of nitrogens with one attached hydrogen (secondary N) is 1. The van der Waals surface area contributed by atoms with Crippen molar-refractivity contribution in [2.24, 2.45) is 0 Å². The van der Waals surface area contributed by atoms with Crippen molar-refractivity contribution in [2.75, 3.05) is 7.05 Å². The third kappa shape index (κ3) is 5.36. The Labute approximate surface area is 77.2 Å². The maximum atomic E-state index is 3.96. The molecule has 0 amide bonds. The fourth-order valence-corrected chi connectivity index (χ4v) is 1.41. The highest BCUT2D eigenvalue weighted by Gasteiger charge is 2.04. The molecule has 0 aromatic rings. The first-order valence-corrected chi connectivity index (χ1v) is 5.05. The summed E-state index contributed by atoms with van der Waals surface area (Å²) in [6.07, 6.45) is 6.61. The Bertz CT molecular complexity index is 118. The van der Waals surface area contributed by atoms with Crippen LogP contribution in [-0.2, 0) is 0 Å². The van der Waals surface area contributed by atoms with Crippen LogP contribution >= 0.6 is 0 Å². The zero-order valence-electron chi connectivity index (χ0n) is 8.82. The smallest absolute Gasteiger partial charge is 0.0271 e. The van der Waals surface area contributed by atoms with Gasteiger partial charge in [-0.25, -0.2) is 0 Å². The molecule has 0 aliphatic rings. The van der Waals surface area contributed by atoms with Gasteiger partial charge in [-0.15, -0.1) is 0 Å². The van der Waals surface area contributed by atoms with Gasteiger partial charge in [0, 0.05) is 6.04 Å². The van der Waals surface area contributed by atoms with Crippen LogP contribution in [0.3, 0.4) is 0 Å². The molecule has 0 fully saturated rings. The number of hydrogen-bond acceptors (Lipinski definition) is 1. The summed E-state index contributed by atoms with van der Waals surface area (Å²) < 4.78 is 0. The Hall–Kier alpha value is -0.300. The molecule has 1 unspecified atom stereocenters. The van der Waals surface area contributed by atoms with Crippen molar-refractivity contribution in [2.45, 2.75) is 52.0 Å². The van der Waals surface area contributed by atoms with Gasteiger partial charge >= 0.3 is 0 Å². The number of unbranched alkanes of at least 4 members (excludes halogenated alkanes) is 3. The molecule has 0 rings (SSSR count). The van der Waals surface area contributed by atoms with Crippen molar-refractivity contribution in [3.05, 3.63) is 12.2 Å². The van der Waals surface area contributed by atoms with E-state index in [1.54, 1.807) is 0 Å². The van der Waals surface area contributed by atoms with Crippen LogP contribution in [0, 0.1) is 0 Å². The molecule has 0 aliphatic heterocycles. The maximum Gasteiger partial charge on any atom is 0.0271 e. The number of likely N-dealkylation sites (N-methyl/N-ethyl adjacent to an activating group) is 1. The number of rotatable bonds is 7. The summed E-state index contributed by atoms with van der Waals surface area (Å²) in [5.41, 5.74) is 1.26. The summed E-state index contributed by atoms with van der Waals surface area (Å²) in [5.74, 6) is 0. The van der Waals surface area contributed by atoms with E-state index in [0.717, 1.165) is 0 Å². The molecular formula is C11H23N. The molecule has 0 bridgehead atoms. The fraction of sp³-hybridized carbons (Fsp3) is 0.818. The zero-order valence-corrected chi connectivity index (χ0v) is 8.82. The van der Waals surface area contributed by atoms with Crippen molar-refractivity contribution in [1.82, 2.24) is 5.32 Å². The van der Waals surface area contributed by atoms with Gasteiger partial charge in [-0.1, -0.05) is 44.8 Å². The van der Waals surface area contributed by atoms with Gasteiger partial charge in [-0.2, -0.15) is 0 Å². The van der Waals surface area contributed by atoms with E-state index in [4.69, 9.17) is 0 Å². The highest BCUT2D eigenvalue weighted by molar-refractivity contribution is 5.00. The van der Waals surface area contributed by atoms with Crippen LogP contribution in [0.2, 0.25) is 0 Å². The van der Waals surface area contributed by atoms with Gasteiger partial charge in [0.2, 0.25) is 0 Å². The van der Waals surface area contributed by atoms with Crippen LogP contribution in [0.4, 0.5) is 0 Å². The van der Waals surface area contributed by atoms with Gasteiger partial charge < -0.3 is 5.32 Å². The van der Waals surface area contributed by atoms with Gasteiger partial charge in [-0.3, -0.25) is 0 Å². The van der Waals surface area contributed by atoms with E-state index < -0.39 is 0 Å². The lowest BCUT2D eigenvalue weighted by Gasteiger charge is -2.15. The Morgan fingerprint density at radius 2 is 2.00 bits per heavy atom. The summed E-state index contributed by atoms with van der Waals surface area (Å²) in [6.45, 7) is 8.31. The van der Waals surface area contributed by atoms with Gasteiger partial charge in [0.15, 0.2) is 0 Å². The fourth-order valence-electron chi connectivity index (χ4n) is 1.41. The lowest BCUT2D eigenvalue weighted by atomic mass is 10.0. The molecular weight excluding hydrogens is 146 g/mol. The van der Waals surface area contributed by atoms with Gasteiger partial charge in [0.1, 0.15) is 0 Å². The first kappa shape index (κ1) is 11.7. The van der Waals surface area contributed by atoms with Crippen LogP contribution in [-0.4, -0.2) is 13.1 Å². The topological polar surface area (TPSA) is 12.0 Å². The zero-order chi connectivity index (χ0) is 9.40. The standard InChI is InChI=1S/C11H23N/c1-5-6-7-8-9-11(12-4)10(2)3/h11-12H,2,5-9H2,1,3-4H3. The van der Waals surface area contributed by atoms with E-state index in [1.165, 1.54) is 37.7 Å². The van der Waals surface area contributed by atoms with E-state index in [-0.39, 0.29) is 0 Å². The summed E-state index contributed by atoms with van der Waals surface area (Å²) in [5, 5.41) is 3.28. The molecule has 0 radical (unpaired) electrons. The third-order valence-corrected chi connectivity index (χ3v) is 2.29. The Morgan fingerprint density at radius 3 is 2.42 bits per heavy atom. The maximum absolute atomic E-state index is 3.96. The van der Waals surface area contributed by atoms with Gasteiger partial charge in [-0.05, 0) is 20.4 Å². The molecule has 0 saturated carbocycles. The van der Waals surface area contributed by atoms with E-state index >= 15 is 0 Å². The van der Waals surface area contributed by atoms with E-state index in [2.05, 4.69) is 25.7 Å². The van der Waals surface area contributed by atoms with Gasteiger partial charge in [0.05, 0.1) is 0 Å². The van der Waals surface area contributed by atoms with Crippen molar-refractivity contribution in [3.8, 4) is 0 Å². The summed E-state index contributed by atoms with van der Waals surface area (Å²) in [6, 6.07) is 0.529. The predicted octanol–water partition coefficient (Wildman–Crippen LogP) is 3.12. The minimum atomic E-state index is 0.529. The number of hydrogen-bond donors (Lipinski definition) is 1. The van der Waals surface area contributed by atoms with Gasteiger partial charge in [0.25, 0.3) is 0 Å². The lowest BCUT2D eigenvalue weighted by Crippen LogP contribution is -2.25. The van der Waals surface area contributed by atoms with Crippen LogP contribution in [0.5, 0.6) is 0 Å². The average molecular weight is 169 g/mol. The van der Waals surface area contributed by atoms with Crippen LogP contribution in [0.15, 0.2) is 12.2 Å². The molecule has 0 spiro atoms. The molecule has 1 nitrogen and oxygen atoms in total. The van der Waals surface area contributed by atoms with E-state index in [9.17, 15) is 0 Å². The van der Waals surface area contributed by atoms with Crippen molar-refractivity contribution in [1.29, 1.82) is 0 Å². The first-order valence-electron chi connectivity index (χ1n) is 5.05. The second kappa shape index (κ2) is 7.35. The molecule has 0 aliphatic carbocycles. The molecule has 0 aromatic carbocycles. The first-order chi connectivity index (χ1) is 5.72. The Morgan fingerprint density at radius 1 is 1.33 bits per heavy atom. The van der Waals surface area contributed by atoms with E-state index in [0.29, 0.717) is 6.04 Å². The summed E-state index contributed by atoms with van der Waals surface area (Å²) >= 11 is 0. The highest BCUT2D eigenvalue weighted by atomic mass is 14.9. The Balaban J connectivity index is 3.38. The average Bonchev–Trinajstić information content (AvgIpc) is 2.04. The minimum Gasteiger partial charge on any atom is -0.313 e.